The quantitative estimate of drug-likeness (QED) is 0.0241. The molecule has 454 valence electrons. The molecular weight excluding hydrogens is 1050 g/mol. The highest BCUT2D eigenvalue weighted by atomic mass is 16.5. The summed E-state index contributed by atoms with van der Waals surface area (Å²) >= 11 is 0. The van der Waals surface area contributed by atoms with Crippen LogP contribution < -0.4 is 0 Å². The van der Waals surface area contributed by atoms with E-state index in [0.29, 0.717) is 83.6 Å². The molecule has 4 aromatic heterocycles. The lowest BCUT2D eigenvalue weighted by Gasteiger charge is -2.45. The van der Waals surface area contributed by atoms with Gasteiger partial charge in [-0.25, -0.2) is 0 Å². The van der Waals surface area contributed by atoms with Gasteiger partial charge in [0.15, 0.2) is 0 Å². The minimum Gasteiger partial charge on any atom is -0.454 e. The average Bonchev–Trinajstić information content (AvgIpc) is 4.03. The van der Waals surface area contributed by atoms with E-state index in [1.165, 1.54) is 12.8 Å². The van der Waals surface area contributed by atoms with Crippen LogP contribution in [0.15, 0.2) is 68.3 Å². The Morgan fingerprint density at radius 2 is 0.783 bits per heavy atom. The van der Waals surface area contributed by atoms with E-state index < -0.39 is 12.2 Å². The monoisotopic (exact) mass is 1150 g/mol. The fourth-order valence-corrected chi connectivity index (χ4v) is 15.3. The van der Waals surface area contributed by atoms with Gasteiger partial charge in [-0.15, -0.1) is 40.8 Å². The van der Waals surface area contributed by atoms with Crippen LogP contribution in [0.5, 0.6) is 0 Å². The van der Waals surface area contributed by atoms with Crippen LogP contribution >= 0.6 is 0 Å². The van der Waals surface area contributed by atoms with Crippen LogP contribution in [0, 0.1) is 29.1 Å². The lowest BCUT2D eigenvalue weighted by Crippen LogP contribution is -2.37. The zero-order valence-electron chi connectivity index (χ0n) is 49.9. The van der Waals surface area contributed by atoms with Crippen molar-refractivity contribution in [3.05, 3.63) is 74.2 Å². The molecule has 0 saturated heterocycles. The minimum atomic E-state index is -0.416. The molecule has 83 heavy (non-hydrogen) atoms. The molecule has 5 fully saturated rings. The number of carbonyl (C=O) groups excluding carboxylic acids is 2. The van der Waals surface area contributed by atoms with Crippen molar-refractivity contribution in [2.75, 3.05) is 13.2 Å². The van der Waals surface area contributed by atoms with E-state index in [2.05, 4.69) is 81.0 Å². The van der Waals surface area contributed by atoms with Gasteiger partial charge in [-0.05, 0) is 182 Å². The van der Waals surface area contributed by atoms with E-state index in [-0.39, 0.29) is 53.2 Å². The van der Waals surface area contributed by atoms with Crippen LogP contribution in [0.1, 0.15) is 254 Å². The molecule has 18 heteroatoms. The third-order valence-corrected chi connectivity index (χ3v) is 19.4. The van der Waals surface area contributed by atoms with E-state index in [1.807, 2.05) is 0 Å². The van der Waals surface area contributed by atoms with Gasteiger partial charge in [-0.3, -0.25) is 9.59 Å². The number of carbonyl (C=O) groups is 2. The number of unbranched alkanes of at least 4 members (excludes halogenated alkanes) is 8. The molecule has 0 N–H and O–H groups in total. The molecular formula is C65H94N8O10. The molecule has 5 saturated carbocycles. The SMILES string of the molecule is C=CC(C=C)OC(=O)CCCCCCCOC1CCC(c2nnc(-c3nnc(C4CCC5C6CCC(c7nnc(-c8nnc(C9CCC(OCCCCCCCC(=O)OC(C=C)C=C)CC9)o8)o7)CC6C(CCC)(CCC)C5C4)o3)o2)CC1. The maximum atomic E-state index is 12.0. The maximum Gasteiger partial charge on any atom is 0.306 e. The molecule has 18 nitrogen and oxygen atoms in total. The molecule has 4 heterocycles. The molecule has 0 amide bonds. The van der Waals surface area contributed by atoms with Crippen LogP contribution in [0.4, 0.5) is 0 Å². The minimum absolute atomic E-state index is 0.180. The second-order valence-corrected chi connectivity index (χ2v) is 24.7. The van der Waals surface area contributed by atoms with Gasteiger partial charge in [0, 0.05) is 49.7 Å². The van der Waals surface area contributed by atoms with Crippen molar-refractivity contribution < 1.29 is 46.2 Å². The third-order valence-electron chi connectivity index (χ3n) is 19.4. The van der Waals surface area contributed by atoms with Gasteiger partial charge in [0.25, 0.3) is 0 Å². The van der Waals surface area contributed by atoms with Crippen LogP contribution in [-0.4, -0.2) is 90.4 Å². The highest BCUT2D eigenvalue weighted by Crippen LogP contribution is 2.69. The fraction of sp³-hybridized carbons (Fsp3) is 0.723. The summed E-state index contributed by atoms with van der Waals surface area (Å²) in [4.78, 5) is 24.0. The number of hydrogen-bond donors (Lipinski definition) is 0. The molecule has 6 atom stereocenters. The Labute approximate surface area is 491 Å². The molecule has 0 bridgehead atoms. The third kappa shape index (κ3) is 16.0. The van der Waals surface area contributed by atoms with Gasteiger partial charge in [0.2, 0.25) is 23.6 Å². The first kappa shape index (κ1) is 61.9. The number of fused-ring (bicyclic) bond motifs is 3. The lowest BCUT2D eigenvalue weighted by atomic mass is 9.59. The van der Waals surface area contributed by atoms with Crippen LogP contribution in [-0.2, 0) is 28.5 Å². The van der Waals surface area contributed by atoms with Crippen molar-refractivity contribution in [3.8, 4) is 23.6 Å². The number of nitrogens with zero attached hydrogens (tertiary/aromatic N) is 8. The van der Waals surface area contributed by atoms with Gasteiger partial charge in [0.05, 0.1) is 12.2 Å². The van der Waals surface area contributed by atoms with E-state index in [1.54, 1.807) is 24.3 Å². The zero-order valence-corrected chi connectivity index (χ0v) is 49.9. The summed E-state index contributed by atoms with van der Waals surface area (Å²) in [6.07, 6.45) is 35.5. The highest BCUT2D eigenvalue weighted by molar-refractivity contribution is 5.70. The molecule has 9 rings (SSSR count). The highest BCUT2D eigenvalue weighted by Gasteiger charge is 2.61. The van der Waals surface area contributed by atoms with Gasteiger partial charge in [-0.2, -0.15) is 0 Å². The van der Waals surface area contributed by atoms with Gasteiger partial charge >= 0.3 is 35.5 Å². The summed E-state index contributed by atoms with van der Waals surface area (Å²) in [5.41, 5.74) is 0.210. The van der Waals surface area contributed by atoms with Crippen molar-refractivity contribution in [3.63, 3.8) is 0 Å². The van der Waals surface area contributed by atoms with Gasteiger partial charge in [-0.1, -0.05) is 91.5 Å². The molecule has 4 aromatic rings. The Bertz CT molecular complexity index is 2470. The van der Waals surface area contributed by atoms with E-state index in [9.17, 15) is 9.59 Å². The van der Waals surface area contributed by atoms with Crippen LogP contribution in [0.25, 0.3) is 23.6 Å². The summed E-state index contributed by atoms with van der Waals surface area (Å²) in [5.74, 6) is 6.68. The summed E-state index contributed by atoms with van der Waals surface area (Å²) in [6, 6.07) is 0. The summed E-state index contributed by atoms with van der Waals surface area (Å²) in [5, 5.41) is 36.1. The number of ether oxygens (including phenoxy) is 4. The summed E-state index contributed by atoms with van der Waals surface area (Å²) in [7, 11) is 0. The van der Waals surface area contributed by atoms with Crippen molar-refractivity contribution in [2.45, 2.75) is 255 Å². The van der Waals surface area contributed by atoms with Gasteiger partial charge < -0.3 is 36.6 Å². The van der Waals surface area contributed by atoms with Gasteiger partial charge in [0.1, 0.15) is 12.2 Å². The van der Waals surface area contributed by atoms with Crippen LogP contribution in [0.3, 0.4) is 0 Å². The maximum absolute atomic E-state index is 12.0. The second-order valence-electron chi connectivity index (χ2n) is 24.7. The predicted molar refractivity (Wildman–Crippen MR) is 312 cm³/mol. The Morgan fingerprint density at radius 1 is 0.458 bits per heavy atom. The Hall–Kier alpha value is -5.62. The molecule has 0 aliphatic heterocycles. The molecule has 0 spiro atoms. The molecule has 6 unspecified atom stereocenters. The Kier molecular flexibility index (Phi) is 23.1. The zero-order chi connectivity index (χ0) is 58.0. The number of hydrogen-bond acceptors (Lipinski definition) is 18. The summed E-state index contributed by atoms with van der Waals surface area (Å²) in [6.45, 7) is 20.9. The predicted octanol–water partition coefficient (Wildman–Crippen LogP) is 15.2. The van der Waals surface area contributed by atoms with Crippen molar-refractivity contribution in [1.82, 2.24) is 40.8 Å². The van der Waals surface area contributed by atoms with E-state index in [0.717, 1.165) is 180 Å². The molecule has 0 aromatic carbocycles. The van der Waals surface area contributed by atoms with Crippen molar-refractivity contribution in [2.24, 2.45) is 29.1 Å². The first-order chi connectivity index (χ1) is 40.6. The molecule has 5 aliphatic rings. The van der Waals surface area contributed by atoms with E-state index in [4.69, 9.17) is 36.6 Å². The molecule has 5 aliphatic carbocycles. The standard InChI is InChI=1S/C65H94N8O10/c1-7-37-65(38-8-2)53-41-45(59-68-72-63(82-59)61-70-66-57(80-61)43-25-31-49(32-26-43)76-39-21-17-13-15-19-23-55(74)78-47(9-3)10-4)29-35-51(53)52-36-30-46(42-54(52)65)60-69-73-64(83-60)62-71-67-58(81-62)44-27-33-50(34-28-44)77-40-22-18-14-16-20-24-56(75)79-48(11-5)12-6/h9-12,43-54H,3-8,13-42H2,1-2H3. The molecule has 0 radical (unpaired) electrons. The number of rotatable bonds is 34. The summed E-state index contributed by atoms with van der Waals surface area (Å²) < 4.78 is 48.6. The fourth-order valence-electron chi connectivity index (χ4n) is 15.3. The first-order valence-corrected chi connectivity index (χ1v) is 32.1. The first-order valence-electron chi connectivity index (χ1n) is 32.1. The smallest absolute Gasteiger partial charge is 0.306 e. The van der Waals surface area contributed by atoms with Crippen molar-refractivity contribution in [1.29, 1.82) is 0 Å². The Morgan fingerprint density at radius 3 is 1.13 bits per heavy atom. The topological polar surface area (TPSA) is 227 Å². The largest absolute Gasteiger partial charge is 0.454 e. The Balaban J connectivity index is 0.705. The van der Waals surface area contributed by atoms with Crippen molar-refractivity contribution >= 4 is 11.9 Å². The second kappa shape index (κ2) is 31.0. The lowest BCUT2D eigenvalue weighted by molar-refractivity contribution is -0.146. The normalized spacial score (nSPS) is 25.9. The van der Waals surface area contributed by atoms with E-state index >= 15 is 0 Å². The van der Waals surface area contributed by atoms with Crippen LogP contribution in [0.2, 0.25) is 0 Å². The average molecular weight is 1150 g/mol. The number of esters is 2. The number of aromatic nitrogens is 8.